The molecular weight excluding hydrogens is 346 g/mol. The van der Waals surface area contributed by atoms with Crippen molar-refractivity contribution in [3.05, 3.63) is 79.8 Å². The van der Waals surface area contributed by atoms with E-state index in [1.165, 1.54) is 37.9 Å². The summed E-state index contributed by atoms with van der Waals surface area (Å²) in [5.74, 6) is 0. The van der Waals surface area contributed by atoms with Crippen molar-refractivity contribution in [3.63, 3.8) is 0 Å². The third-order valence-electron chi connectivity index (χ3n) is 4.13. The number of halogens is 1. The second-order valence-electron chi connectivity index (χ2n) is 6.20. The van der Waals surface area contributed by atoms with Crippen LogP contribution in [0.15, 0.2) is 52.0 Å². The molecule has 114 valence electrons. The third-order valence-corrected chi connectivity index (χ3v) is 4.62. The maximum Gasteiger partial charge on any atom is 0.0991 e. The topological polar surface area (TPSA) is 23.8 Å². The van der Waals surface area contributed by atoms with Gasteiger partial charge < -0.3 is 0 Å². The standard InChI is InChI=1S/C11H9N.C10H9Br/c1-8-4-10-3-2-9(7-12)6-11(10)5-8;1-7-4-8-2-3-10(11)6-9(8)5-7/h2-3,5-6H,4H2,1H3;2-3,5-6H,4H2,1H3. The zero-order valence-corrected chi connectivity index (χ0v) is 14.9. The van der Waals surface area contributed by atoms with Gasteiger partial charge in [-0.2, -0.15) is 5.26 Å². The van der Waals surface area contributed by atoms with Crippen molar-refractivity contribution in [1.82, 2.24) is 0 Å². The summed E-state index contributed by atoms with van der Waals surface area (Å²) in [6, 6.07) is 14.5. The number of allylic oxidation sites excluding steroid dienone is 2. The van der Waals surface area contributed by atoms with Gasteiger partial charge >= 0.3 is 0 Å². The van der Waals surface area contributed by atoms with Crippen LogP contribution in [0.2, 0.25) is 0 Å². The molecular formula is C21H18BrN. The highest BCUT2D eigenvalue weighted by molar-refractivity contribution is 9.10. The molecule has 23 heavy (non-hydrogen) atoms. The number of hydrogen-bond donors (Lipinski definition) is 0. The van der Waals surface area contributed by atoms with E-state index < -0.39 is 0 Å². The lowest BCUT2D eigenvalue weighted by Crippen LogP contribution is -1.83. The van der Waals surface area contributed by atoms with E-state index in [0.717, 1.165) is 18.4 Å². The van der Waals surface area contributed by atoms with Crippen molar-refractivity contribution < 1.29 is 0 Å². The van der Waals surface area contributed by atoms with Crippen LogP contribution in [0, 0.1) is 11.3 Å². The Labute approximate surface area is 146 Å². The molecule has 0 amide bonds. The van der Waals surface area contributed by atoms with Gasteiger partial charge in [0, 0.05) is 4.47 Å². The quantitative estimate of drug-likeness (QED) is 0.569. The van der Waals surface area contributed by atoms with Crippen molar-refractivity contribution in [2.24, 2.45) is 0 Å². The lowest BCUT2D eigenvalue weighted by molar-refractivity contribution is 1.19. The van der Waals surface area contributed by atoms with Crippen LogP contribution >= 0.6 is 15.9 Å². The SMILES string of the molecule is CC1=Cc2cc(Br)ccc2C1.CC1=Cc2cc(C#N)ccc2C1. The number of nitriles is 1. The first kappa shape index (κ1) is 15.8. The molecule has 0 aliphatic heterocycles. The average Bonchev–Trinajstić information content (AvgIpc) is 3.07. The minimum Gasteiger partial charge on any atom is -0.192 e. The fourth-order valence-electron chi connectivity index (χ4n) is 3.05. The van der Waals surface area contributed by atoms with Crippen molar-refractivity contribution >= 4 is 28.1 Å². The molecule has 0 spiro atoms. The van der Waals surface area contributed by atoms with E-state index in [1.807, 2.05) is 18.2 Å². The minimum absolute atomic E-state index is 0.750. The van der Waals surface area contributed by atoms with E-state index in [0.29, 0.717) is 0 Å². The highest BCUT2D eigenvalue weighted by Gasteiger charge is 2.09. The summed E-state index contributed by atoms with van der Waals surface area (Å²) in [7, 11) is 0. The van der Waals surface area contributed by atoms with Crippen LogP contribution in [-0.4, -0.2) is 0 Å². The molecule has 2 aliphatic carbocycles. The Kier molecular flexibility index (Phi) is 4.50. The Balaban J connectivity index is 0.000000136. The van der Waals surface area contributed by atoms with Gasteiger partial charge in [-0.3, -0.25) is 0 Å². The van der Waals surface area contributed by atoms with Gasteiger partial charge in [-0.05, 0) is 73.2 Å². The van der Waals surface area contributed by atoms with Gasteiger partial charge in [-0.1, -0.05) is 51.4 Å². The summed E-state index contributed by atoms with van der Waals surface area (Å²) < 4.78 is 1.17. The number of benzene rings is 2. The highest BCUT2D eigenvalue weighted by atomic mass is 79.9. The van der Waals surface area contributed by atoms with E-state index in [9.17, 15) is 0 Å². The number of fused-ring (bicyclic) bond motifs is 2. The second-order valence-corrected chi connectivity index (χ2v) is 7.12. The van der Waals surface area contributed by atoms with Gasteiger partial charge in [0.2, 0.25) is 0 Å². The Morgan fingerprint density at radius 3 is 2.04 bits per heavy atom. The van der Waals surface area contributed by atoms with Crippen LogP contribution in [0.1, 0.15) is 41.7 Å². The van der Waals surface area contributed by atoms with Gasteiger partial charge in [0.25, 0.3) is 0 Å². The van der Waals surface area contributed by atoms with Gasteiger partial charge in [-0.25, -0.2) is 0 Å². The molecule has 0 radical (unpaired) electrons. The molecule has 0 saturated carbocycles. The molecule has 0 fully saturated rings. The molecule has 2 aromatic carbocycles. The monoisotopic (exact) mass is 363 g/mol. The Morgan fingerprint density at radius 1 is 0.870 bits per heavy atom. The molecule has 0 saturated heterocycles. The molecule has 0 unspecified atom stereocenters. The molecule has 0 aromatic heterocycles. The van der Waals surface area contributed by atoms with Crippen molar-refractivity contribution in [2.75, 3.05) is 0 Å². The third kappa shape index (κ3) is 3.63. The van der Waals surface area contributed by atoms with Crippen LogP contribution in [0.4, 0.5) is 0 Å². The maximum absolute atomic E-state index is 8.66. The molecule has 2 aromatic rings. The van der Waals surface area contributed by atoms with E-state index in [4.69, 9.17) is 5.26 Å². The van der Waals surface area contributed by atoms with Crippen molar-refractivity contribution in [3.8, 4) is 6.07 Å². The molecule has 2 heteroatoms. The average molecular weight is 364 g/mol. The van der Waals surface area contributed by atoms with E-state index >= 15 is 0 Å². The predicted octanol–water partition coefficient (Wildman–Crippen LogP) is 5.93. The van der Waals surface area contributed by atoms with Gasteiger partial charge in [-0.15, -0.1) is 0 Å². The first-order chi connectivity index (χ1) is 11.0. The molecule has 2 aliphatic rings. The van der Waals surface area contributed by atoms with Crippen LogP contribution in [0.25, 0.3) is 12.2 Å². The molecule has 1 nitrogen and oxygen atoms in total. The molecule has 0 bridgehead atoms. The van der Waals surface area contributed by atoms with Crippen molar-refractivity contribution in [2.45, 2.75) is 26.7 Å². The minimum atomic E-state index is 0.750. The van der Waals surface area contributed by atoms with Crippen LogP contribution < -0.4 is 0 Å². The number of nitrogens with zero attached hydrogens (tertiary/aromatic N) is 1. The zero-order chi connectivity index (χ0) is 16.4. The molecule has 0 N–H and O–H groups in total. The van der Waals surface area contributed by atoms with E-state index in [-0.39, 0.29) is 0 Å². The maximum atomic E-state index is 8.66. The summed E-state index contributed by atoms with van der Waals surface area (Å²) >= 11 is 3.46. The smallest absolute Gasteiger partial charge is 0.0991 e. The lowest BCUT2D eigenvalue weighted by atomic mass is 10.1. The van der Waals surface area contributed by atoms with Gasteiger partial charge in [0.15, 0.2) is 0 Å². The number of hydrogen-bond acceptors (Lipinski definition) is 1. The Bertz CT molecular complexity index is 866. The van der Waals surface area contributed by atoms with E-state index in [2.05, 4.69) is 66.2 Å². The van der Waals surface area contributed by atoms with Crippen LogP contribution in [-0.2, 0) is 12.8 Å². The highest BCUT2D eigenvalue weighted by Crippen LogP contribution is 2.27. The fourth-order valence-corrected chi connectivity index (χ4v) is 3.43. The number of rotatable bonds is 0. The van der Waals surface area contributed by atoms with Gasteiger partial charge in [0.1, 0.15) is 0 Å². The Morgan fingerprint density at radius 2 is 1.43 bits per heavy atom. The van der Waals surface area contributed by atoms with Crippen LogP contribution in [0.5, 0.6) is 0 Å². The first-order valence-corrected chi connectivity index (χ1v) is 8.50. The molecule has 0 atom stereocenters. The summed E-state index contributed by atoms with van der Waals surface area (Å²) in [6.07, 6.45) is 6.57. The Hall–Kier alpha value is -2.11. The summed E-state index contributed by atoms with van der Waals surface area (Å²) in [5, 5.41) is 8.66. The van der Waals surface area contributed by atoms with E-state index in [1.54, 1.807) is 0 Å². The van der Waals surface area contributed by atoms with Crippen LogP contribution in [0.3, 0.4) is 0 Å². The predicted molar refractivity (Wildman–Crippen MR) is 100 cm³/mol. The normalized spacial score (nSPS) is 14.0. The van der Waals surface area contributed by atoms with Gasteiger partial charge in [0.05, 0.1) is 11.6 Å². The zero-order valence-electron chi connectivity index (χ0n) is 13.4. The largest absolute Gasteiger partial charge is 0.192 e. The summed E-state index contributed by atoms with van der Waals surface area (Å²) in [5.41, 5.74) is 8.96. The summed E-state index contributed by atoms with van der Waals surface area (Å²) in [4.78, 5) is 0. The lowest BCUT2D eigenvalue weighted by Gasteiger charge is -1.97. The molecule has 0 heterocycles. The summed E-state index contributed by atoms with van der Waals surface area (Å²) in [6.45, 7) is 4.29. The first-order valence-electron chi connectivity index (χ1n) is 7.71. The van der Waals surface area contributed by atoms with Crippen molar-refractivity contribution in [1.29, 1.82) is 5.26 Å². The second kappa shape index (κ2) is 6.56. The fraction of sp³-hybridized carbons (Fsp3) is 0.190. The molecule has 4 rings (SSSR count).